The smallest absolute Gasteiger partial charge is 0.382 e. The van der Waals surface area contributed by atoms with Crippen molar-refractivity contribution in [3.8, 4) is 11.3 Å². The lowest BCUT2D eigenvalue weighted by atomic mass is 10.1. The Morgan fingerprint density at radius 3 is 2.77 bits per heavy atom. The van der Waals surface area contributed by atoms with E-state index in [1.54, 1.807) is 36.5 Å². The van der Waals surface area contributed by atoms with Crippen LogP contribution in [0.5, 0.6) is 0 Å². The van der Waals surface area contributed by atoms with Crippen LogP contribution in [0.2, 0.25) is 0 Å². The van der Waals surface area contributed by atoms with Crippen LogP contribution in [-0.4, -0.2) is 29.1 Å². The standard InChI is InChI=1S/C21H18F3N5O/c22-21(23,24)15-5-1-4-14(12-15)17-7-8-18-19(28-17)29(11-3-10-26-18)20(30)27-16-6-2-9-25-13-16/h1-2,4-9,12-13,26H,3,10-11H2,(H,27,30). The summed E-state index contributed by atoms with van der Waals surface area (Å²) in [6.07, 6.45) is -0.625. The maximum absolute atomic E-state index is 13.1. The van der Waals surface area contributed by atoms with E-state index < -0.39 is 11.7 Å². The predicted octanol–water partition coefficient (Wildman–Crippen LogP) is 5.02. The molecular formula is C21H18F3N5O. The number of anilines is 3. The molecular weight excluding hydrogens is 395 g/mol. The van der Waals surface area contributed by atoms with E-state index >= 15 is 0 Å². The van der Waals surface area contributed by atoms with Crippen LogP contribution < -0.4 is 15.5 Å². The summed E-state index contributed by atoms with van der Waals surface area (Å²) in [5.41, 5.74) is 1.10. The van der Waals surface area contributed by atoms with E-state index in [0.29, 0.717) is 48.0 Å². The van der Waals surface area contributed by atoms with E-state index in [1.165, 1.54) is 17.2 Å². The van der Waals surface area contributed by atoms with Crippen LogP contribution in [0.4, 0.5) is 35.2 Å². The van der Waals surface area contributed by atoms with Gasteiger partial charge in [-0.15, -0.1) is 0 Å². The number of amides is 2. The number of nitrogens with one attached hydrogen (secondary N) is 2. The Balaban J connectivity index is 1.69. The minimum atomic E-state index is -4.45. The molecule has 3 heterocycles. The Morgan fingerprint density at radius 1 is 1.13 bits per heavy atom. The van der Waals surface area contributed by atoms with Gasteiger partial charge >= 0.3 is 12.2 Å². The topological polar surface area (TPSA) is 70.2 Å². The number of halogens is 3. The van der Waals surface area contributed by atoms with Crippen molar-refractivity contribution >= 4 is 23.2 Å². The second-order valence-electron chi connectivity index (χ2n) is 6.75. The van der Waals surface area contributed by atoms with Gasteiger partial charge in [-0.3, -0.25) is 9.88 Å². The Labute approximate surface area is 170 Å². The molecule has 2 N–H and O–H groups in total. The summed E-state index contributed by atoms with van der Waals surface area (Å²) >= 11 is 0. The lowest BCUT2D eigenvalue weighted by molar-refractivity contribution is -0.137. The van der Waals surface area contributed by atoms with Crippen LogP contribution in [0, 0.1) is 0 Å². The van der Waals surface area contributed by atoms with Gasteiger partial charge in [0.2, 0.25) is 0 Å². The molecule has 2 aromatic heterocycles. The van der Waals surface area contributed by atoms with Crippen LogP contribution in [-0.2, 0) is 6.18 Å². The number of benzene rings is 1. The summed E-state index contributed by atoms with van der Waals surface area (Å²) in [5.74, 6) is 0.365. The van der Waals surface area contributed by atoms with Gasteiger partial charge in [0.15, 0.2) is 5.82 Å². The fourth-order valence-corrected chi connectivity index (χ4v) is 3.20. The number of carbonyl (C=O) groups is 1. The van der Waals surface area contributed by atoms with Gasteiger partial charge in [0, 0.05) is 24.8 Å². The number of aromatic nitrogens is 2. The molecule has 0 spiro atoms. The Kier molecular flexibility index (Phi) is 5.26. The minimum Gasteiger partial charge on any atom is -0.382 e. The third-order valence-electron chi connectivity index (χ3n) is 4.65. The van der Waals surface area contributed by atoms with E-state index in [0.717, 1.165) is 12.1 Å². The number of fused-ring (bicyclic) bond motifs is 1. The first kappa shape index (κ1) is 19.7. The second kappa shape index (κ2) is 8.02. The van der Waals surface area contributed by atoms with Crippen molar-refractivity contribution in [1.82, 2.24) is 9.97 Å². The van der Waals surface area contributed by atoms with E-state index in [9.17, 15) is 18.0 Å². The van der Waals surface area contributed by atoms with E-state index in [1.807, 2.05) is 0 Å². The van der Waals surface area contributed by atoms with Gasteiger partial charge in [-0.25, -0.2) is 9.78 Å². The quantitative estimate of drug-likeness (QED) is 0.619. The largest absolute Gasteiger partial charge is 0.416 e. The molecule has 0 atom stereocenters. The highest BCUT2D eigenvalue weighted by Crippen LogP contribution is 2.34. The lowest BCUT2D eigenvalue weighted by Gasteiger charge is -2.22. The van der Waals surface area contributed by atoms with Gasteiger partial charge in [0.05, 0.1) is 28.8 Å². The predicted molar refractivity (Wildman–Crippen MR) is 108 cm³/mol. The zero-order chi connectivity index (χ0) is 21.1. The molecule has 1 aliphatic heterocycles. The molecule has 1 aliphatic rings. The zero-order valence-electron chi connectivity index (χ0n) is 15.8. The van der Waals surface area contributed by atoms with Crippen LogP contribution in [0.1, 0.15) is 12.0 Å². The highest BCUT2D eigenvalue weighted by Gasteiger charge is 2.31. The van der Waals surface area contributed by atoms with Crippen molar-refractivity contribution in [1.29, 1.82) is 0 Å². The molecule has 0 radical (unpaired) electrons. The summed E-state index contributed by atoms with van der Waals surface area (Å²) in [6, 6.07) is 11.4. The van der Waals surface area contributed by atoms with Crippen molar-refractivity contribution in [2.45, 2.75) is 12.6 Å². The molecule has 0 saturated heterocycles. The maximum atomic E-state index is 13.1. The Bertz CT molecular complexity index is 1060. The number of carbonyl (C=O) groups excluding carboxylic acids is 1. The van der Waals surface area contributed by atoms with Gasteiger partial charge < -0.3 is 10.6 Å². The number of alkyl halides is 3. The third kappa shape index (κ3) is 4.19. The average molecular weight is 413 g/mol. The molecule has 0 aliphatic carbocycles. The summed E-state index contributed by atoms with van der Waals surface area (Å²) < 4.78 is 39.3. The molecule has 3 aromatic rings. The molecule has 154 valence electrons. The van der Waals surface area contributed by atoms with Gasteiger partial charge in [0.1, 0.15) is 0 Å². The number of rotatable bonds is 2. The SMILES string of the molecule is O=C(Nc1cccnc1)N1CCCNc2ccc(-c3cccc(C(F)(F)F)c3)nc21. The number of pyridine rings is 2. The van der Waals surface area contributed by atoms with Gasteiger partial charge in [-0.1, -0.05) is 12.1 Å². The lowest BCUT2D eigenvalue weighted by Crippen LogP contribution is -2.36. The van der Waals surface area contributed by atoms with Crippen molar-refractivity contribution in [2.75, 3.05) is 28.6 Å². The van der Waals surface area contributed by atoms with Crippen LogP contribution in [0.15, 0.2) is 60.9 Å². The van der Waals surface area contributed by atoms with Crippen LogP contribution >= 0.6 is 0 Å². The van der Waals surface area contributed by atoms with Gasteiger partial charge in [0.25, 0.3) is 0 Å². The molecule has 4 rings (SSSR count). The average Bonchev–Trinajstić information content (AvgIpc) is 2.96. The molecule has 0 bridgehead atoms. The molecule has 0 unspecified atom stereocenters. The van der Waals surface area contributed by atoms with E-state index in [4.69, 9.17) is 0 Å². The summed E-state index contributed by atoms with van der Waals surface area (Å²) in [5, 5.41) is 5.99. The van der Waals surface area contributed by atoms with Gasteiger partial charge in [-0.2, -0.15) is 13.2 Å². The first-order valence-electron chi connectivity index (χ1n) is 9.33. The highest BCUT2D eigenvalue weighted by molar-refractivity contribution is 6.03. The first-order chi connectivity index (χ1) is 14.4. The van der Waals surface area contributed by atoms with Crippen LogP contribution in [0.25, 0.3) is 11.3 Å². The second-order valence-corrected chi connectivity index (χ2v) is 6.75. The molecule has 0 fully saturated rings. The van der Waals surface area contributed by atoms with Crippen molar-refractivity contribution in [3.05, 3.63) is 66.5 Å². The van der Waals surface area contributed by atoms with Crippen molar-refractivity contribution < 1.29 is 18.0 Å². The maximum Gasteiger partial charge on any atom is 0.416 e. The van der Waals surface area contributed by atoms with Gasteiger partial charge in [-0.05, 0) is 42.8 Å². The van der Waals surface area contributed by atoms with E-state index in [2.05, 4.69) is 20.6 Å². The van der Waals surface area contributed by atoms with E-state index in [-0.39, 0.29) is 6.03 Å². The molecule has 0 saturated carbocycles. The molecule has 30 heavy (non-hydrogen) atoms. The monoisotopic (exact) mass is 413 g/mol. The Hall–Kier alpha value is -3.62. The molecule has 9 heteroatoms. The first-order valence-corrected chi connectivity index (χ1v) is 9.33. The van der Waals surface area contributed by atoms with Crippen molar-refractivity contribution in [2.24, 2.45) is 0 Å². The molecule has 6 nitrogen and oxygen atoms in total. The number of hydrogen-bond donors (Lipinski definition) is 2. The number of hydrogen-bond acceptors (Lipinski definition) is 4. The fourth-order valence-electron chi connectivity index (χ4n) is 3.20. The summed E-state index contributed by atoms with van der Waals surface area (Å²) in [4.78, 5) is 22.9. The highest BCUT2D eigenvalue weighted by atomic mass is 19.4. The normalized spacial score (nSPS) is 13.8. The molecule has 2 amide bonds. The Morgan fingerprint density at radius 2 is 2.00 bits per heavy atom. The number of nitrogens with zero attached hydrogens (tertiary/aromatic N) is 3. The fraction of sp³-hybridized carbons (Fsp3) is 0.190. The minimum absolute atomic E-state index is 0.324. The number of urea groups is 1. The molecule has 1 aromatic carbocycles. The zero-order valence-corrected chi connectivity index (χ0v) is 15.8. The summed E-state index contributed by atoms with van der Waals surface area (Å²) in [6.45, 7) is 1.05. The van der Waals surface area contributed by atoms with Crippen LogP contribution in [0.3, 0.4) is 0 Å². The third-order valence-corrected chi connectivity index (χ3v) is 4.65. The summed E-state index contributed by atoms with van der Waals surface area (Å²) in [7, 11) is 0. The van der Waals surface area contributed by atoms with Crippen molar-refractivity contribution in [3.63, 3.8) is 0 Å².